The molecule has 0 spiro atoms. The molecule has 0 bridgehead atoms. The average Bonchev–Trinajstić information content (AvgIpc) is 2.53. The largest absolute Gasteiger partial charge is 0.481 e. The van der Waals surface area contributed by atoms with E-state index in [0.29, 0.717) is 12.1 Å². The lowest BCUT2D eigenvalue weighted by atomic mass is 10.0. The number of pyridine rings is 1. The summed E-state index contributed by atoms with van der Waals surface area (Å²) >= 11 is 0. The van der Waals surface area contributed by atoms with Crippen LogP contribution in [0.3, 0.4) is 0 Å². The molecule has 8 heteroatoms. The summed E-state index contributed by atoms with van der Waals surface area (Å²) in [5.74, 6) is -1.93. The van der Waals surface area contributed by atoms with Crippen molar-refractivity contribution in [3.63, 3.8) is 0 Å². The summed E-state index contributed by atoms with van der Waals surface area (Å²) in [6.45, 7) is 3.22. The fraction of sp³-hybridized carbons (Fsp3) is 0.125. The van der Waals surface area contributed by atoms with Crippen molar-refractivity contribution in [2.45, 2.75) is 6.18 Å². The van der Waals surface area contributed by atoms with Gasteiger partial charge in [-0.1, -0.05) is 12.7 Å². The van der Waals surface area contributed by atoms with Crippen LogP contribution in [-0.4, -0.2) is 18.0 Å². The van der Waals surface area contributed by atoms with Gasteiger partial charge in [0.15, 0.2) is 0 Å². The number of hydrogen-bond acceptors (Lipinski definition) is 3. The Hall–Kier alpha value is -2.90. The van der Waals surface area contributed by atoms with Gasteiger partial charge in [0.1, 0.15) is 5.82 Å². The molecule has 0 atom stereocenters. The van der Waals surface area contributed by atoms with Gasteiger partial charge in [-0.15, -0.1) is 0 Å². The van der Waals surface area contributed by atoms with Crippen LogP contribution < -0.4 is 10.1 Å². The minimum atomic E-state index is -4.74. The highest BCUT2D eigenvalue weighted by Crippen LogP contribution is 2.34. The first-order valence-corrected chi connectivity index (χ1v) is 6.61. The van der Waals surface area contributed by atoms with Gasteiger partial charge in [0, 0.05) is 18.0 Å². The molecular weight excluding hydrogens is 328 g/mol. The van der Waals surface area contributed by atoms with Crippen molar-refractivity contribution in [3.8, 4) is 5.88 Å². The molecule has 1 aromatic carbocycles. The van der Waals surface area contributed by atoms with Crippen LogP contribution in [0, 0.1) is 5.82 Å². The molecule has 0 radical (unpaired) electrons. The number of amides is 1. The first-order chi connectivity index (χ1) is 11.3. The molecular formula is C16H12F4N2O2. The molecule has 0 aliphatic heterocycles. The van der Waals surface area contributed by atoms with Crippen LogP contribution in [0.25, 0.3) is 6.08 Å². The molecule has 0 saturated heterocycles. The molecule has 0 saturated carbocycles. The Bertz CT molecular complexity index is 788. The molecule has 1 aromatic heterocycles. The summed E-state index contributed by atoms with van der Waals surface area (Å²) in [6, 6.07) is 3.82. The van der Waals surface area contributed by atoms with E-state index in [0.717, 1.165) is 6.08 Å². The predicted octanol–water partition coefficient (Wildman–Crippen LogP) is 4.14. The fourth-order valence-corrected chi connectivity index (χ4v) is 1.97. The highest BCUT2D eigenvalue weighted by atomic mass is 19.4. The van der Waals surface area contributed by atoms with Gasteiger partial charge in [-0.2, -0.15) is 13.2 Å². The second-order valence-electron chi connectivity index (χ2n) is 4.66. The minimum Gasteiger partial charge on any atom is -0.481 e. The Labute approximate surface area is 134 Å². The second kappa shape index (κ2) is 6.69. The van der Waals surface area contributed by atoms with E-state index < -0.39 is 34.6 Å². The number of aromatic nitrogens is 1. The summed E-state index contributed by atoms with van der Waals surface area (Å²) in [5.41, 5.74) is -2.12. The van der Waals surface area contributed by atoms with Crippen LogP contribution in [0.4, 0.5) is 23.2 Å². The number of rotatable bonds is 4. The van der Waals surface area contributed by atoms with E-state index in [1.54, 1.807) is 0 Å². The van der Waals surface area contributed by atoms with Gasteiger partial charge < -0.3 is 10.1 Å². The number of anilines is 1. The summed E-state index contributed by atoms with van der Waals surface area (Å²) in [7, 11) is 1.36. The molecule has 2 rings (SSSR count). The zero-order chi connectivity index (χ0) is 17.9. The van der Waals surface area contributed by atoms with Gasteiger partial charge in [-0.25, -0.2) is 9.37 Å². The topological polar surface area (TPSA) is 51.2 Å². The number of halogens is 4. The molecule has 0 aliphatic rings. The van der Waals surface area contributed by atoms with Crippen LogP contribution >= 0.6 is 0 Å². The van der Waals surface area contributed by atoms with E-state index in [9.17, 15) is 22.4 Å². The highest BCUT2D eigenvalue weighted by Gasteiger charge is 2.34. The summed E-state index contributed by atoms with van der Waals surface area (Å²) < 4.78 is 57.9. The Kier molecular flexibility index (Phi) is 4.87. The molecule has 126 valence electrons. The second-order valence-corrected chi connectivity index (χ2v) is 4.66. The van der Waals surface area contributed by atoms with E-state index in [2.05, 4.69) is 16.9 Å². The predicted molar refractivity (Wildman–Crippen MR) is 80.2 cm³/mol. The maximum Gasteiger partial charge on any atom is 0.417 e. The van der Waals surface area contributed by atoms with E-state index >= 15 is 0 Å². The quantitative estimate of drug-likeness (QED) is 0.851. The van der Waals surface area contributed by atoms with Crippen molar-refractivity contribution >= 4 is 17.7 Å². The Morgan fingerprint density at radius 2 is 2.04 bits per heavy atom. The normalized spacial score (nSPS) is 11.0. The molecule has 2 aromatic rings. The number of carbonyl (C=O) groups excluding carboxylic acids is 1. The third-order valence-corrected chi connectivity index (χ3v) is 3.11. The van der Waals surface area contributed by atoms with Crippen LogP contribution in [0.5, 0.6) is 5.88 Å². The van der Waals surface area contributed by atoms with Crippen molar-refractivity contribution in [3.05, 3.63) is 59.5 Å². The van der Waals surface area contributed by atoms with Gasteiger partial charge in [0.25, 0.3) is 5.91 Å². The van der Waals surface area contributed by atoms with Crippen LogP contribution in [-0.2, 0) is 6.18 Å². The third-order valence-electron chi connectivity index (χ3n) is 3.11. The number of nitrogens with one attached hydrogen (secondary N) is 1. The number of hydrogen-bond donors (Lipinski definition) is 1. The average molecular weight is 340 g/mol. The van der Waals surface area contributed by atoms with E-state index in [1.807, 2.05) is 0 Å². The minimum absolute atomic E-state index is 0.186. The first-order valence-electron chi connectivity index (χ1n) is 6.61. The third kappa shape index (κ3) is 3.70. The molecule has 1 N–H and O–H groups in total. The van der Waals surface area contributed by atoms with Crippen LogP contribution in [0.1, 0.15) is 21.5 Å². The maximum atomic E-state index is 14.0. The van der Waals surface area contributed by atoms with Gasteiger partial charge in [0.05, 0.1) is 18.2 Å². The van der Waals surface area contributed by atoms with Crippen molar-refractivity contribution in [1.29, 1.82) is 0 Å². The zero-order valence-corrected chi connectivity index (χ0v) is 12.4. The number of nitrogens with zero attached hydrogens (tertiary/aromatic N) is 1. The van der Waals surface area contributed by atoms with Crippen molar-refractivity contribution < 1.29 is 27.1 Å². The van der Waals surface area contributed by atoms with Crippen LogP contribution in [0.15, 0.2) is 37.0 Å². The Balaban J connectivity index is 2.40. The molecule has 0 fully saturated rings. The Morgan fingerprint density at radius 3 is 2.62 bits per heavy atom. The van der Waals surface area contributed by atoms with Crippen molar-refractivity contribution in [2.75, 3.05) is 12.4 Å². The van der Waals surface area contributed by atoms with Gasteiger partial charge in [-0.3, -0.25) is 4.79 Å². The zero-order valence-electron chi connectivity index (χ0n) is 12.4. The fourth-order valence-electron chi connectivity index (χ4n) is 1.97. The lowest BCUT2D eigenvalue weighted by Crippen LogP contribution is -2.17. The van der Waals surface area contributed by atoms with Crippen LogP contribution in [0.2, 0.25) is 0 Å². The van der Waals surface area contributed by atoms with Gasteiger partial charge in [0.2, 0.25) is 5.88 Å². The monoisotopic (exact) mass is 340 g/mol. The maximum absolute atomic E-state index is 14.0. The lowest BCUT2D eigenvalue weighted by molar-refractivity contribution is -0.137. The van der Waals surface area contributed by atoms with E-state index in [4.69, 9.17) is 4.74 Å². The van der Waals surface area contributed by atoms with Crippen molar-refractivity contribution in [1.82, 2.24) is 4.98 Å². The van der Waals surface area contributed by atoms with Gasteiger partial charge >= 0.3 is 6.18 Å². The highest BCUT2D eigenvalue weighted by molar-refractivity contribution is 6.04. The molecule has 1 heterocycles. The molecule has 24 heavy (non-hydrogen) atoms. The first kappa shape index (κ1) is 17.5. The molecule has 0 aliphatic carbocycles. The summed E-state index contributed by atoms with van der Waals surface area (Å²) in [4.78, 5) is 15.9. The number of ether oxygens (including phenoxy) is 1. The number of alkyl halides is 3. The smallest absolute Gasteiger partial charge is 0.417 e. The molecule has 0 unspecified atom stereocenters. The number of carbonyl (C=O) groups is 1. The SMILES string of the molecule is C=Cc1cc(F)c(C(=O)Nc2ccnc(OC)c2)cc1C(F)(F)F. The number of methoxy groups -OCH3 is 1. The molecule has 1 amide bonds. The van der Waals surface area contributed by atoms with Crippen molar-refractivity contribution in [2.24, 2.45) is 0 Å². The summed E-state index contributed by atoms with van der Waals surface area (Å²) in [6.07, 6.45) is -2.54. The van der Waals surface area contributed by atoms with E-state index in [1.165, 1.54) is 25.4 Å². The Morgan fingerprint density at radius 1 is 1.33 bits per heavy atom. The van der Waals surface area contributed by atoms with E-state index in [-0.39, 0.29) is 11.6 Å². The summed E-state index contributed by atoms with van der Waals surface area (Å²) in [5, 5.41) is 2.30. The van der Waals surface area contributed by atoms with Gasteiger partial charge in [-0.05, 0) is 23.8 Å². The molecule has 4 nitrogen and oxygen atoms in total. The lowest BCUT2D eigenvalue weighted by Gasteiger charge is -2.13. The standard InChI is InChI=1S/C16H12F4N2O2/c1-3-9-6-13(17)11(8-12(9)16(18,19)20)15(23)22-10-4-5-21-14(7-10)24-2/h3-8H,1H2,2H3,(H,21,22,23). The number of benzene rings is 1.